The minimum atomic E-state index is -1.21. The van der Waals surface area contributed by atoms with E-state index in [-0.39, 0.29) is 15.2 Å². The van der Waals surface area contributed by atoms with E-state index in [0.29, 0.717) is 0 Å². The number of carbonyl (C=O) groups is 1. The van der Waals surface area contributed by atoms with Crippen LogP contribution in [0, 0.1) is 0 Å². The van der Waals surface area contributed by atoms with Crippen LogP contribution in [0.4, 0.5) is 9.93 Å². The second-order valence-corrected chi connectivity index (χ2v) is 4.73. The Morgan fingerprint density at radius 2 is 2.21 bits per heavy atom. The molecule has 0 aliphatic carbocycles. The van der Waals surface area contributed by atoms with E-state index in [9.17, 15) is 9.90 Å². The van der Waals surface area contributed by atoms with Gasteiger partial charge in [0, 0.05) is 0 Å². The number of nitrogens with zero attached hydrogens (tertiary/aromatic N) is 1. The van der Waals surface area contributed by atoms with Gasteiger partial charge in [0.25, 0.3) is 0 Å². The van der Waals surface area contributed by atoms with E-state index in [2.05, 4.69) is 10.3 Å². The second-order valence-electron chi connectivity index (χ2n) is 3.13. The van der Waals surface area contributed by atoms with Gasteiger partial charge in [-0.25, -0.2) is 9.78 Å². The Morgan fingerprint density at radius 3 is 2.57 bits per heavy atom. The van der Waals surface area contributed by atoms with Gasteiger partial charge in [0.2, 0.25) is 0 Å². The minimum absolute atomic E-state index is 0.152. The van der Waals surface area contributed by atoms with Gasteiger partial charge in [-0.15, -0.1) is 0 Å². The predicted octanol–water partition coefficient (Wildman–Crippen LogP) is 2.11. The van der Waals surface area contributed by atoms with Crippen LogP contribution >= 0.6 is 22.9 Å². The first-order valence-electron chi connectivity index (χ1n) is 3.70. The normalized spacial score (nSPS) is 11.4. The van der Waals surface area contributed by atoms with E-state index in [1.807, 2.05) is 0 Å². The lowest BCUT2D eigenvalue weighted by Gasteiger charge is -2.13. The summed E-state index contributed by atoms with van der Waals surface area (Å²) >= 11 is 6.75. The molecule has 0 fully saturated rings. The summed E-state index contributed by atoms with van der Waals surface area (Å²) < 4.78 is 0.279. The fraction of sp³-hybridized carbons (Fsp3) is 0.429. The zero-order valence-corrected chi connectivity index (χ0v) is 9.11. The van der Waals surface area contributed by atoms with Gasteiger partial charge in [-0.3, -0.25) is 5.32 Å². The molecular weight excluding hydrogens is 228 g/mol. The van der Waals surface area contributed by atoms with E-state index in [0.717, 1.165) is 11.3 Å². The van der Waals surface area contributed by atoms with Crippen molar-refractivity contribution in [2.45, 2.75) is 19.4 Å². The van der Waals surface area contributed by atoms with Crippen molar-refractivity contribution in [3.8, 4) is 0 Å². The lowest BCUT2D eigenvalue weighted by Crippen LogP contribution is -2.17. The summed E-state index contributed by atoms with van der Waals surface area (Å²) in [4.78, 5) is 14.2. The molecule has 0 radical (unpaired) electrons. The lowest BCUT2D eigenvalue weighted by atomic mass is 10.1. The van der Waals surface area contributed by atoms with Gasteiger partial charge in [0.15, 0.2) is 5.13 Å². The number of halogens is 1. The SMILES string of the molecule is CC(C)(O)c1nc(NC(=O)O)sc1Cl. The number of rotatable bonds is 2. The molecule has 0 unspecified atom stereocenters. The molecule has 7 heteroatoms. The van der Waals surface area contributed by atoms with Crippen LogP contribution in [0.2, 0.25) is 4.34 Å². The molecule has 0 saturated heterocycles. The number of aromatic nitrogens is 1. The molecule has 1 rings (SSSR count). The Hall–Kier alpha value is -0.850. The summed E-state index contributed by atoms with van der Waals surface area (Å²) in [5.41, 5.74) is -0.903. The van der Waals surface area contributed by atoms with E-state index in [1.54, 1.807) is 0 Å². The van der Waals surface area contributed by atoms with Crippen LogP contribution in [0.15, 0.2) is 0 Å². The fourth-order valence-electron chi connectivity index (χ4n) is 0.824. The molecule has 1 aromatic rings. The summed E-state index contributed by atoms with van der Waals surface area (Å²) in [5, 5.41) is 20.2. The second kappa shape index (κ2) is 3.72. The molecule has 0 aromatic carbocycles. The lowest BCUT2D eigenvalue weighted by molar-refractivity contribution is 0.0747. The Morgan fingerprint density at radius 1 is 1.64 bits per heavy atom. The van der Waals surface area contributed by atoms with Gasteiger partial charge < -0.3 is 10.2 Å². The van der Waals surface area contributed by atoms with Crippen molar-refractivity contribution in [1.29, 1.82) is 0 Å². The summed E-state index contributed by atoms with van der Waals surface area (Å²) in [6.07, 6.45) is -1.21. The molecule has 0 aliphatic heterocycles. The third-order valence-corrected chi connectivity index (χ3v) is 2.55. The average molecular weight is 237 g/mol. The molecule has 1 heterocycles. The Balaban J connectivity index is 2.99. The number of thiazole rings is 1. The summed E-state index contributed by atoms with van der Waals surface area (Å²) in [5.74, 6) is 0. The third-order valence-electron chi connectivity index (χ3n) is 1.38. The van der Waals surface area contributed by atoms with Crippen molar-refractivity contribution in [1.82, 2.24) is 4.98 Å². The number of nitrogens with one attached hydrogen (secondary N) is 1. The van der Waals surface area contributed by atoms with Gasteiger partial charge in [-0.1, -0.05) is 22.9 Å². The molecule has 5 nitrogen and oxygen atoms in total. The number of carboxylic acid groups (broad SMARTS) is 1. The van der Waals surface area contributed by atoms with Crippen molar-refractivity contribution >= 4 is 34.2 Å². The van der Waals surface area contributed by atoms with Gasteiger partial charge in [0.1, 0.15) is 15.6 Å². The Labute approximate surface area is 89.4 Å². The first-order valence-corrected chi connectivity index (χ1v) is 4.89. The van der Waals surface area contributed by atoms with Crippen LogP contribution in [0.1, 0.15) is 19.5 Å². The van der Waals surface area contributed by atoms with E-state index < -0.39 is 11.7 Å². The quantitative estimate of drug-likeness (QED) is 0.735. The molecule has 0 saturated carbocycles. The zero-order valence-electron chi connectivity index (χ0n) is 7.54. The smallest absolute Gasteiger partial charge is 0.410 e. The summed E-state index contributed by atoms with van der Waals surface area (Å²) in [6.45, 7) is 3.05. The highest BCUT2D eigenvalue weighted by Crippen LogP contribution is 2.34. The molecule has 1 aromatic heterocycles. The summed E-state index contributed by atoms with van der Waals surface area (Å²) in [6, 6.07) is 0. The van der Waals surface area contributed by atoms with Crippen LogP contribution in [-0.4, -0.2) is 21.3 Å². The number of amides is 1. The van der Waals surface area contributed by atoms with Crippen LogP contribution in [0.3, 0.4) is 0 Å². The minimum Gasteiger partial charge on any atom is -0.465 e. The van der Waals surface area contributed by atoms with Crippen LogP contribution in [-0.2, 0) is 5.60 Å². The first kappa shape index (κ1) is 11.2. The van der Waals surface area contributed by atoms with Crippen molar-refractivity contribution in [2.75, 3.05) is 5.32 Å². The molecule has 1 amide bonds. The van der Waals surface area contributed by atoms with Crippen LogP contribution < -0.4 is 5.32 Å². The van der Waals surface area contributed by atoms with Crippen molar-refractivity contribution < 1.29 is 15.0 Å². The third kappa shape index (κ3) is 2.57. The molecule has 3 N–H and O–H groups in total. The average Bonchev–Trinajstić information content (AvgIpc) is 2.27. The van der Waals surface area contributed by atoms with Gasteiger partial charge in [-0.05, 0) is 13.8 Å². The highest BCUT2D eigenvalue weighted by molar-refractivity contribution is 7.19. The monoisotopic (exact) mass is 236 g/mol. The molecule has 14 heavy (non-hydrogen) atoms. The first-order chi connectivity index (χ1) is 6.30. The van der Waals surface area contributed by atoms with Crippen molar-refractivity contribution in [2.24, 2.45) is 0 Å². The van der Waals surface area contributed by atoms with Crippen LogP contribution in [0.25, 0.3) is 0 Å². The highest BCUT2D eigenvalue weighted by Gasteiger charge is 2.24. The Kier molecular flexibility index (Phi) is 2.98. The van der Waals surface area contributed by atoms with Crippen molar-refractivity contribution in [3.63, 3.8) is 0 Å². The van der Waals surface area contributed by atoms with Gasteiger partial charge in [-0.2, -0.15) is 0 Å². The molecular formula is C7H9ClN2O3S. The van der Waals surface area contributed by atoms with Crippen LogP contribution in [0.5, 0.6) is 0 Å². The summed E-state index contributed by atoms with van der Waals surface area (Å²) in [7, 11) is 0. The maximum atomic E-state index is 10.3. The maximum absolute atomic E-state index is 10.3. The highest BCUT2D eigenvalue weighted by atomic mass is 35.5. The number of hydrogen-bond donors (Lipinski definition) is 3. The predicted molar refractivity (Wildman–Crippen MR) is 54.0 cm³/mol. The van der Waals surface area contributed by atoms with Gasteiger partial charge in [0.05, 0.1) is 0 Å². The fourth-order valence-corrected chi connectivity index (χ4v) is 2.15. The number of anilines is 1. The number of hydrogen-bond acceptors (Lipinski definition) is 4. The largest absolute Gasteiger partial charge is 0.465 e. The molecule has 0 bridgehead atoms. The maximum Gasteiger partial charge on any atom is 0.410 e. The standard InChI is InChI=1S/C7H9ClN2O3S/c1-7(2,13)3-4(8)14-5(9-3)10-6(11)12/h13H,1-2H3,(H,9,10)(H,11,12). The zero-order chi connectivity index (χ0) is 10.9. The van der Waals surface area contributed by atoms with E-state index >= 15 is 0 Å². The van der Waals surface area contributed by atoms with Gasteiger partial charge >= 0.3 is 6.09 Å². The van der Waals surface area contributed by atoms with Crippen molar-refractivity contribution in [3.05, 3.63) is 10.0 Å². The topological polar surface area (TPSA) is 82.5 Å². The Bertz CT molecular complexity index is 358. The molecule has 78 valence electrons. The molecule has 0 atom stereocenters. The molecule has 0 aliphatic rings. The van der Waals surface area contributed by atoms with E-state index in [4.69, 9.17) is 16.7 Å². The molecule has 0 spiro atoms. The van der Waals surface area contributed by atoms with E-state index in [1.165, 1.54) is 13.8 Å². The number of aliphatic hydroxyl groups is 1.